The Morgan fingerprint density at radius 1 is 1.61 bits per heavy atom. The Morgan fingerprint density at radius 2 is 2.28 bits per heavy atom. The number of ether oxygens (including phenoxy) is 1. The van der Waals surface area contributed by atoms with Gasteiger partial charge in [-0.05, 0) is 25.0 Å². The fourth-order valence-electron chi connectivity index (χ4n) is 1.57. The van der Waals surface area contributed by atoms with Crippen molar-refractivity contribution in [3.05, 3.63) is 28.5 Å². The Balaban J connectivity index is 2.27. The summed E-state index contributed by atoms with van der Waals surface area (Å²) in [5.74, 6) is -1.33. The van der Waals surface area contributed by atoms with Gasteiger partial charge in [-0.15, -0.1) is 0 Å². The minimum Gasteiger partial charge on any atom is -0.489 e. The lowest BCUT2D eigenvalue weighted by Gasteiger charge is -2.14. The zero-order valence-electron chi connectivity index (χ0n) is 9.53. The van der Waals surface area contributed by atoms with Crippen molar-refractivity contribution in [2.75, 3.05) is 0 Å². The van der Waals surface area contributed by atoms with Gasteiger partial charge >= 0.3 is 5.97 Å². The first-order chi connectivity index (χ1) is 8.47. The first kappa shape index (κ1) is 13.1. The van der Waals surface area contributed by atoms with Crippen LogP contribution >= 0.6 is 11.6 Å². The zero-order chi connectivity index (χ0) is 13.3. The predicted octanol–water partition coefficient (Wildman–Crippen LogP) is 1.97. The molecule has 0 radical (unpaired) electrons. The first-order valence-electron chi connectivity index (χ1n) is 5.60. The fraction of sp³-hybridized carbons (Fsp3) is 0.417. The molecule has 1 aliphatic rings. The number of nitrogens with two attached hydrogens (primary N) is 1. The standard InChI is InChI=1S/C12H13ClFNO3/c13-9-5-7(14)3-6(4-10(15)12(16)17)11(9)18-8-1-2-8/h3,5,8,10H,1-2,4,15H2,(H,16,17). The number of rotatable bonds is 5. The third kappa shape index (κ3) is 3.11. The van der Waals surface area contributed by atoms with E-state index < -0.39 is 17.8 Å². The second kappa shape index (κ2) is 5.12. The molecule has 1 saturated carbocycles. The van der Waals surface area contributed by atoms with Gasteiger partial charge < -0.3 is 15.6 Å². The summed E-state index contributed by atoms with van der Waals surface area (Å²) in [6.45, 7) is 0. The molecule has 18 heavy (non-hydrogen) atoms. The van der Waals surface area contributed by atoms with Crippen LogP contribution in [0.15, 0.2) is 12.1 Å². The van der Waals surface area contributed by atoms with Gasteiger partial charge in [-0.1, -0.05) is 11.6 Å². The molecule has 0 heterocycles. The molecule has 4 nitrogen and oxygen atoms in total. The molecular weight excluding hydrogens is 261 g/mol. The Bertz CT molecular complexity index is 477. The second-order valence-corrected chi connectivity index (χ2v) is 4.75. The van der Waals surface area contributed by atoms with Gasteiger partial charge in [0.25, 0.3) is 0 Å². The van der Waals surface area contributed by atoms with Crippen molar-refractivity contribution in [2.24, 2.45) is 5.73 Å². The smallest absolute Gasteiger partial charge is 0.320 e. The lowest BCUT2D eigenvalue weighted by molar-refractivity contribution is -0.138. The Hall–Kier alpha value is -1.33. The summed E-state index contributed by atoms with van der Waals surface area (Å²) in [6, 6.07) is 1.26. The van der Waals surface area contributed by atoms with E-state index in [-0.39, 0.29) is 17.5 Å². The Kier molecular flexibility index (Phi) is 3.73. The van der Waals surface area contributed by atoms with Crippen molar-refractivity contribution in [1.82, 2.24) is 0 Å². The van der Waals surface area contributed by atoms with Crippen LogP contribution in [0.2, 0.25) is 5.02 Å². The predicted molar refractivity (Wildman–Crippen MR) is 64.4 cm³/mol. The summed E-state index contributed by atoms with van der Waals surface area (Å²) in [4.78, 5) is 10.7. The molecule has 1 atom stereocenters. The van der Waals surface area contributed by atoms with Crippen LogP contribution in [-0.4, -0.2) is 23.2 Å². The largest absolute Gasteiger partial charge is 0.489 e. The van der Waals surface area contributed by atoms with Crippen molar-refractivity contribution in [3.63, 3.8) is 0 Å². The van der Waals surface area contributed by atoms with Crippen LogP contribution in [0.3, 0.4) is 0 Å². The molecule has 0 saturated heterocycles. The molecule has 0 aliphatic heterocycles. The number of carbonyl (C=O) groups is 1. The Morgan fingerprint density at radius 3 is 2.83 bits per heavy atom. The van der Waals surface area contributed by atoms with E-state index in [0.29, 0.717) is 11.3 Å². The average Bonchev–Trinajstić information content (AvgIpc) is 3.06. The molecule has 1 unspecified atom stereocenters. The molecular formula is C12H13ClFNO3. The van der Waals surface area contributed by atoms with Gasteiger partial charge in [-0.25, -0.2) is 4.39 Å². The van der Waals surface area contributed by atoms with Gasteiger partial charge in [0.2, 0.25) is 0 Å². The summed E-state index contributed by atoms with van der Waals surface area (Å²) in [6.07, 6.45) is 1.93. The average molecular weight is 274 g/mol. The monoisotopic (exact) mass is 273 g/mol. The number of carboxylic acids is 1. The van der Waals surface area contributed by atoms with Gasteiger partial charge in [-0.3, -0.25) is 4.79 Å². The zero-order valence-corrected chi connectivity index (χ0v) is 10.3. The van der Waals surface area contributed by atoms with E-state index >= 15 is 0 Å². The third-order valence-corrected chi connectivity index (χ3v) is 2.93. The van der Waals surface area contributed by atoms with E-state index in [1.165, 1.54) is 6.07 Å². The normalized spacial score (nSPS) is 16.4. The molecule has 2 rings (SSSR count). The molecule has 3 N–H and O–H groups in total. The van der Waals surface area contributed by atoms with E-state index in [1.807, 2.05) is 0 Å². The number of hydrogen-bond acceptors (Lipinski definition) is 3. The van der Waals surface area contributed by atoms with Gasteiger partial charge in [0.1, 0.15) is 17.6 Å². The molecule has 1 aliphatic carbocycles. The molecule has 0 amide bonds. The van der Waals surface area contributed by atoms with E-state index in [0.717, 1.165) is 18.9 Å². The molecule has 6 heteroatoms. The maximum absolute atomic E-state index is 13.3. The summed E-state index contributed by atoms with van der Waals surface area (Å²) in [5.41, 5.74) is 5.83. The third-order valence-electron chi connectivity index (χ3n) is 2.65. The van der Waals surface area contributed by atoms with Crippen LogP contribution in [-0.2, 0) is 11.2 Å². The molecule has 1 aromatic carbocycles. The molecule has 0 spiro atoms. The van der Waals surface area contributed by atoms with Crippen LogP contribution in [0, 0.1) is 5.82 Å². The van der Waals surface area contributed by atoms with Crippen LogP contribution in [0.4, 0.5) is 4.39 Å². The fourth-order valence-corrected chi connectivity index (χ4v) is 1.84. The highest BCUT2D eigenvalue weighted by Gasteiger charge is 2.27. The van der Waals surface area contributed by atoms with Crippen LogP contribution < -0.4 is 10.5 Å². The summed E-state index contributed by atoms with van der Waals surface area (Å²) < 4.78 is 18.9. The molecule has 0 bridgehead atoms. The second-order valence-electron chi connectivity index (χ2n) is 4.34. The summed E-state index contributed by atoms with van der Waals surface area (Å²) in [7, 11) is 0. The minimum atomic E-state index is -1.15. The van der Waals surface area contributed by atoms with Crippen molar-refractivity contribution in [1.29, 1.82) is 0 Å². The maximum Gasteiger partial charge on any atom is 0.320 e. The molecule has 1 fully saturated rings. The van der Waals surface area contributed by atoms with E-state index in [4.69, 9.17) is 27.2 Å². The summed E-state index contributed by atoms with van der Waals surface area (Å²) >= 11 is 5.92. The van der Waals surface area contributed by atoms with Crippen molar-refractivity contribution in [3.8, 4) is 5.75 Å². The first-order valence-corrected chi connectivity index (χ1v) is 5.98. The van der Waals surface area contributed by atoms with Gasteiger partial charge in [0.15, 0.2) is 0 Å². The highest BCUT2D eigenvalue weighted by Crippen LogP contribution is 2.36. The highest BCUT2D eigenvalue weighted by molar-refractivity contribution is 6.32. The van der Waals surface area contributed by atoms with Crippen LogP contribution in [0.5, 0.6) is 5.75 Å². The maximum atomic E-state index is 13.3. The van der Waals surface area contributed by atoms with E-state index in [1.54, 1.807) is 0 Å². The quantitative estimate of drug-likeness (QED) is 0.860. The number of halogens is 2. The van der Waals surface area contributed by atoms with E-state index in [2.05, 4.69) is 0 Å². The molecule has 0 aromatic heterocycles. The highest BCUT2D eigenvalue weighted by atomic mass is 35.5. The van der Waals surface area contributed by atoms with Gasteiger partial charge in [-0.2, -0.15) is 0 Å². The van der Waals surface area contributed by atoms with Crippen molar-refractivity contribution >= 4 is 17.6 Å². The van der Waals surface area contributed by atoms with Gasteiger partial charge in [0, 0.05) is 12.0 Å². The summed E-state index contributed by atoms with van der Waals surface area (Å²) in [5, 5.41) is 8.92. The van der Waals surface area contributed by atoms with Crippen molar-refractivity contribution < 1.29 is 19.0 Å². The number of benzene rings is 1. The molecule has 98 valence electrons. The number of carboxylic acid groups (broad SMARTS) is 1. The number of aliphatic carboxylic acids is 1. The SMILES string of the molecule is NC(Cc1cc(F)cc(Cl)c1OC1CC1)C(=O)O. The van der Waals surface area contributed by atoms with Gasteiger partial charge in [0.05, 0.1) is 11.1 Å². The van der Waals surface area contributed by atoms with E-state index in [9.17, 15) is 9.18 Å². The lowest BCUT2D eigenvalue weighted by atomic mass is 10.1. The Labute approximate surface area is 108 Å². The molecule has 1 aromatic rings. The number of hydrogen-bond donors (Lipinski definition) is 2. The minimum absolute atomic E-state index is 0.0190. The topological polar surface area (TPSA) is 72.5 Å². The van der Waals surface area contributed by atoms with Crippen molar-refractivity contribution in [2.45, 2.75) is 31.4 Å². The lowest BCUT2D eigenvalue weighted by Crippen LogP contribution is -2.32. The van der Waals surface area contributed by atoms with Crippen LogP contribution in [0.1, 0.15) is 18.4 Å². The van der Waals surface area contributed by atoms with Crippen LogP contribution in [0.25, 0.3) is 0 Å².